The van der Waals surface area contributed by atoms with Crippen molar-refractivity contribution in [1.82, 2.24) is 15.3 Å². The smallest absolute Gasteiger partial charge is 0.321 e. The van der Waals surface area contributed by atoms with Crippen LogP contribution in [0.4, 0.5) is 0 Å². The number of nitrogens with one attached hydrogen (secondary N) is 1. The molecule has 1 aliphatic rings. The zero-order valence-electron chi connectivity index (χ0n) is 13.0. The van der Waals surface area contributed by atoms with E-state index < -0.39 is 12.0 Å². The summed E-state index contributed by atoms with van der Waals surface area (Å²) in [5.41, 5.74) is 4.02. The third-order valence-electron chi connectivity index (χ3n) is 4.34. The molecule has 1 heterocycles. The molecule has 0 saturated carbocycles. The molecule has 2 N–H and O–H groups in total. The van der Waals surface area contributed by atoms with E-state index in [9.17, 15) is 9.90 Å². The van der Waals surface area contributed by atoms with Gasteiger partial charge in [0, 0.05) is 25.4 Å². The van der Waals surface area contributed by atoms with Gasteiger partial charge in [0.2, 0.25) is 0 Å². The summed E-state index contributed by atoms with van der Waals surface area (Å²) in [6.45, 7) is 0.562. The lowest BCUT2D eigenvalue weighted by Gasteiger charge is -2.21. The van der Waals surface area contributed by atoms with Gasteiger partial charge in [0.15, 0.2) is 0 Å². The van der Waals surface area contributed by atoms with E-state index in [1.54, 1.807) is 18.5 Å². The maximum Gasteiger partial charge on any atom is 0.321 e. The number of carbonyl (C=O) groups is 1. The van der Waals surface area contributed by atoms with Gasteiger partial charge in [-0.3, -0.25) is 10.1 Å². The molecule has 0 fully saturated rings. The molecule has 120 valence electrons. The van der Waals surface area contributed by atoms with E-state index in [1.807, 2.05) is 0 Å². The lowest BCUT2D eigenvalue weighted by Crippen LogP contribution is -2.38. The lowest BCUT2D eigenvalue weighted by atomic mass is 9.88. The van der Waals surface area contributed by atoms with E-state index in [4.69, 9.17) is 0 Å². The number of rotatable bonds is 6. The molecule has 0 bridgehead atoms. The van der Waals surface area contributed by atoms with Crippen LogP contribution in [0.3, 0.4) is 0 Å². The van der Waals surface area contributed by atoms with Crippen LogP contribution in [-0.2, 0) is 30.6 Å². The van der Waals surface area contributed by atoms with Crippen LogP contribution in [0.2, 0.25) is 0 Å². The summed E-state index contributed by atoms with van der Waals surface area (Å²) >= 11 is 0. The van der Waals surface area contributed by atoms with Crippen molar-refractivity contribution in [3.05, 3.63) is 59.2 Å². The van der Waals surface area contributed by atoms with E-state index in [0.29, 0.717) is 12.4 Å². The third-order valence-corrected chi connectivity index (χ3v) is 4.34. The van der Waals surface area contributed by atoms with E-state index in [-0.39, 0.29) is 6.42 Å². The van der Waals surface area contributed by atoms with E-state index in [0.717, 1.165) is 12.8 Å². The molecule has 5 heteroatoms. The molecule has 1 aliphatic carbocycles. The predicted molar refractivity (Wildman–Crippen MR) is 87.1 cm³/mol. The number of hydrogen-bond acceptors (Lipinski definition) is 4. The van der Waals surface area contributed by atoms with E-state index in [2.05, 4.69) is 33.5 Å². The number of carboxylic acid groups (broad SMARTS) is 1. The van der Waals surface area contributed by atoms with Gasteiger partial charge in [-0.25, -0.2) is 9.97 Å². The average molecular weight is 311 g/mol. The minimum atomic E-state index is -0.873. The topological polar surface area (TPSA) is 75.1 Å². The fourth-order valence-corrected chi connectivity index (χ4v) is 3.12. The summed E-state index contributed by atoms with van der Waals surface area (Å²) in [4.78, 5) is 19.7. The first-order chi connectivity index (χ1) is 11.2. The Kier molecular flexibility index (Phi) is 4.98. The predicted octanol–water partition coefficient (Wildman–Crippen LogP) is 2.14. The Balaban J connectivity index is 1.69. The summed E-state index contributed by atoms with van der Waals surface area (Å²) in [7, 11) is 0. The van der Waals surface area contributed by atoms with Crippen LogP contribution in [0.25, 0.3) is 0 Å². The second-order valence-electron chi connectivity index (χ2n) is 5.90. The summed E-state index contributed by atoms with van der Waals surface area (Å²) in [5.74, 6) is -0.329. The minimum absolute atomic E-state index is 0.283. The van der Waals surface area contributed by atoms with Crippen molar-refractivity contribution in [3.8, 4) is 0 Å². The molecule has 0 spiro atoms. The molecule has 1 unspecified atom stereocenters. The number of nitrogens with zero attached hydrogens (tertiary/aromatic N) is 2. The highest BCUT2D eigenvalue weighted by molar-refractivity contribution is 5.73. The molecular weight excluding hydrogens is 290 g/mol. The Morgan fingerprint density at radius 1 is 1.17 bits per heavy atom. The molecule has 0 amide bonds. The lowest BCUT2D eigenvalue weighted by molar-refractivity contribution is -0.139. The molecule has 0 saturated heterocycles. The molecule has 1 aromatic carbocycles. The molecule has 5 nitrogen and oxygen atoms in total. The van der Waals surface area contributed by atoms with Crippen LogP contribution in [0.15, 0.2) is 36.7 Å². The number of aryl methyl sites for hydroxylation is 1. The van der Waals surface area contributed by atoms with Crippen molar-refractivity contribution in [1.29, 1.82) is 0 Å². The van der Waals surface area contributed by atoms with Crippen molar-refractivity contribution in [2.24, 2.45) is 0 Å². The number of aromatic nitrogens is 2. The van der Waals surface area contributed by atoms with E-state index >= 15 is 0 Å². The highest BCUT2D eigenvalue weighted by Crippen LogP contribution is 2.24. The first-order valence-corrected chi connectivity index (χ1v) is 8.06. The van der Waals surface area contributed by atoms with Crippen LogP contribution >= 0.6 is 0 Å². The molecule has 1 atom stereocenters. The largest absolute Gasteiger partial charge is 0.480 e. The Hall–Kier alpha value is -2.27. The van der Waals surface area contributed by atoms with Crippen molar-refractivity contribution in [2.75, 3.05) is 0 Å². The monoisotopic (exact) mass is 311 g/mol. The van der Waals surface area contributed by atoms with Gasteiger partial charge in [-0.15, -0.1) is 0 Å². The number of hydrogen-bond donors (Lipinski definition) is 2. The van der Waals surface area contributed by atoms with Crippen molar-refractivity contribution >= 4 is 5.97 Å². The van der Waals surface area contributed by atoms with Gasteiger partial charge in [-0.05, 0) is 48.4 Å². The third kappa shape index (κ3) is 3.93. The molecule has 1 aromatic heterocycles. The zero-order chi connectivity index (χ0) is 16.1. The Bertz CT molecular complexity index is 673. The fourth-order valence-electron chi connectivity index (χ4n) is 3.12. The summed E-state index contributed by atoms with van der Waals surface area (Å²) < 4.78 is 0. The summed E-state index contributed by atoms with van der Waals surface area (Å²) in [6, 6.07) is 7.39. The first kappa shape index (κ1) is 15.6. The molecule has 0 aliphatic heterocycles. The number of carboxylic acids is 1. The molecule has 2 aromatic rings. The maximum absolute atomic E-state index is 11.5. The zero-order valence-corrected chi connectivity index (χ0v) is 13.0. The Labute approximate surface area is 135 Å². The number of benzene rings is 1. The fraction of sp³-hybridized carbons (Fsp3) is 0.389. The number of fused-ring (bicyclic) bond motifs is 1. The van der Waals surface area contributed by atoms with E-state index in [1.165, 1.54) is 29.5 Å². The molecule has 0 radical (unpaired) electrons. The molecular formula is C18H21N3O2. The normalized spacial score (nSPS) is 15.0. The van der Waals surface area contributed by atoms with Crippen LogP contribution < -0.4 is 5.32 Å². The van der Waals surface area contributed by atoms with Crippen LogP contribution in [0.1, 0.15) is 35.4 Å². The Morgan fingerprint density at radius 2 is 1.96 bits per heavy atom. The number of aliphatic carboxylic acids is 1. The maximum atomic E-state index is 11.5. The molecule has 23 heavy (non-hydrogen) atoms. The van der Waals surface area contributed by atoms with Crippen molar-refractivity contribution in [2.45, 2.75) is 44.7 Å². The highest BCUT2D eigenvalue weighted by Gasteiger charge is 2.20. The van der Waals surface area contributed by atoms with Crippen LogP contribution in [0.5, 0.6) is 0 Å². The second-order valence-corrected chi connectivity index (χ2v) is 5.90. The van der Waals surface area contributed by atoms with Gasteiger partial charge in [0.05, 0.1) is 0 Å². The van der Waals surface area contributed by atoms with Crippen molar-refractivity contribution in [3.63, 3.8) is 0 Å². The SMILES string of the molecule is O=C(O)C(Cc1ncccn1)NCc1cccc2c1CCCC2. The highest BCUT2D eigenvalue weighted by atomic mass is 16.4. The summed E-state index contributed by atoms with van der Waals surface area (Å²) in [5, 5.41) is 12.6. The van der Waals surface area contributed by atoms with Crippen molar-refractivity contribution < 1.29 is 9.90 Å². The Morgan fingerprint density at radius 3 is 2.74 bits per heavy atom. The standard InChI is InChI=1S/C18H21N3O2/c22-18(23)16(11-17-19-9-4-10-20-17)21-12-14-7-3-6-13-5-1-2-8-15(13)14/h3-4,6-7,9-10,16,21H,1-2,5,8,11-12H2,(H,22,23). The van der Waals surface area contributed by atoms with Crippen LogP contribution in [0, 0.1) is 0 Å². The van der Waals surface area contributed by atoms with Gasteiger partial charge in [0.1, 0.15) is 11.9 Å². The first-order valence-electron chi connectivity index (χ1n) is 8.06. The minimum Gasteiger partial charge on any atom is -0.480 e. The molecule has 3 rings (SSSR count). The summed E-state index contributed by atoms with van der Waals surface area (Å²) in [6.07, 6.45) is 8.22. The van der Waals surface area contributed by atoms with Gasteiger partial charge in [0.25, 0.3) is 0 Å². The van der Waals surface area contributed by atoms with Gasteiger partial charge in [-0.2, -0.15) is 0 Å². The van der Waals surface area contributed by atoms with Gasteiger partial charge >= 0.3 is 5.97 Å². The van der Waals surface area contributed by atoms with Gasteiger partial charge < -0.3 is 5.11 Å². The quantitative estimate of drug-likeness (QED) is 0.855. The second kappa shape index (κ2) is 7.33. The van der Waals surface area contributed by atoms with Crippen LogP contribution in [-0.4, -0.2) is 27.1 Å². The average Bonchev–Trinajstić information content (AvgIpc) is 2.59. The van der Waals surface area contributed by atoms with Gasteiger partial charge in [-0.1, -0.05) is 18.2 Å².